The van der Waals surface area contributed by atoms with Crippen LogP contribution in [-0.4, -0.2) is 35.6 Å². The Hall–Kier alpha value is -4.56. The topological polar surface area (TPSA) is 84.9 Å². The van der Waals surface area contributed by atoms with Crippen LogP contribution in [0.15, 0.2) is 95.9 Å². The van der Waals surface area contributed by atoms with Gasteiger partial charge in [-0.05, 0) is 64.0 Å². The molecule has 7 nitrogen and oxygen atoms in total. The number of hydrogen-bond acceptors (Lipinski definition) is 6. The van der Waals surface area contributed by atoms with E-state index in [1.54, 1.807) is 30.3 Å². The molecular weight excluding hydrogens is 500 g/mol. The molecule has 0 saturated carbocycles. The molecule has 0 unspecified atom stereocenters. The van der Waals surface area contributed by atoms with Gasteiger partial charge in [-0.3, -0.25) is 19.3 Å². The zero-order valence-corrected chi connectivity index (χ0v) is 21.4. The second-order valence-electron chi connectivity index (χ2n) is 8.51. The zero-order chi connectivity index (χ0) is 26.5. The third kappa shape index (κ3) is 5.55. The van der Waals surface area contributed by atoms with Crippen LogP contribution in [0.5, 0.6) is 11.5 Å². The number of methoxy groups -OCH3 is 1. The molecule has 1 aliphatic rings. The van der Waals surface area contributed by atoms with Gasteiger partial charge in [-0.2, -0.15) is 0 Å². The number of rotatable bonds is 8. The zero-order valence-electron chi connectivity index (χ0n) is 20.5. The minimum Gasteiger partial charge on any atom is -0.495 e. The molecule has 1 N–H and O–H groups in total. The van der Waals surface area contributed by atoms with E-state index < -0.39 is 17.1 Å². The van der Waals surface area contributed by atoms with Crippen molar-refractivity contribution in [2.45, 2.75) is 6.61 Å². The second-order valence-corrected chi connectivity index (χ2v) is 9.51. The third-order valence-corrected chi connectivity index (χ3v) is 6.92. The van der Waals surface area contributed by atoms with E-state index in [1.165, 1.54) is 7.11 Å². The minimum absolute atomic E-state index is 0.254. The SMILES string of the molecule is COc1ccccc1NC(=O)CN1C(=O)S/C(=C/c2ccc(OCc3cccc4ccccc34)cc2)C1=O. The van der Waals surface area contributed by atoms with E-state index in [4.69, 9.17) is 9.47 Å². The number of nitrogens with zero attached hydrogens (tertiary/aromatic N) is 1. The van der Waals surface area contributed by atoms with Gasteiger partial charge >= 0.3 is 0 Å². The van der Waals surface area contributed by atoms with Crippen LogP contribution in [0.3, 0.4) is 0 Å². The Balaban J connectivity index is 1.21. The van der Waals surface area contributed by atoms with Gasteiger partial charge in [0.15, 0.2) is 0 Å². The predicted octanol–water partition coefficient (Wildman–Crippen LogP) is 6.10. The maximum atomic E-state index is 12.9. The summed E-state index contributed by atoms with van der Waals surface area (Å²) in [7, 11) is 1.50. The van der Waals surface area contributed by atoms with Crippen molar-refractivity contribution in [1.82, 2.24) is 4.90 Å². The summed E-state index contributed by atoms with van der Waals surface area (Å²) in [4.78, 5) is 39.0. The number of carbonyl (C=O) groups is 3. The van der Waals surface area contributed by atoms with Crippen LogP contribution < -0.4 is 14.8 Å². The molecule has 0 atom stereocenters. The fourth-order valence-corrected chi connectivity index (χ4v) is 4.95. The van der Waals surface area contributed by atoms with Crippen molar-refractivity contribution in [3.8, 4) is 11.5 Å². The first-order valence-electron chi connectivity index (χ1n) is 11.9. The normalized spacial score (nSPS) is 14.2. The highest BCUT2D eigenvalue weighted by Gasteiger charge is 2.36. The molecular formula is C30H24N2O5S. The number of para-hydroxylation sites is 2. The first-order valence-corrected chi connectivity index (χ1v) is 12.7. The Morgan fingerprint density at radius 3 is 2.47 bits per heavy atom. The Morgan fingerprint density at radius 2 is 1.66 bits per heavy atom. The van der Waals surface area contributed by atoms with E-state index in [0.717, 1.165) is 38.6 Å². The lowest BCUT2D eigenvalue weighted by Crippen LogP contribution is -2.36. The van der Waals surface area contributed by atoms with Gasteiger partial charge in [0.05, 0.1) is 17.7 Å². The number of benzene rings is 4. The van der Waals surface area contributed by atoms with Gasteiger partial charge in [0, 0.05) is 0 Å². The van der Waals surface area contributed by atoms with Crippen LogP contribution in [0, 0.1) is 0 Å². The lowest BCUT2D eigenvalue weighted by atomic mass is 10.1. The fourth-order valence-electron chi connectivity index (χ4n) is 4.11. The highest BCUT2D eigenvalue weighted by Crippen LogP contribution is 2.33. The van der Waals surface area contributed by atoms with Gasteiger partial charge in [0.2, 0.25) is 5.91 Å². The van der Waals surface area contributed by atoms with Crippen LogP contribution in [0.1, 0.15) is 11.1 Å². The van der Waals surface area contributed by atoms with Crippen molar-refractivity contribution in [2.24, 2.45) is 0 Å². The Morgan fingerprint density at radius 1 is 0.921 bits per heavy atom. The van der Waals surface area contributed by atoms with Crippen LogP contribution in [0.25, 0.3) is 16.8 Å². The Kier molecular flexibility index (Phi) is 7.42. The molecule has 1 aliphatic heterocycles. The fraction of sp³-hybridized carbons (Fsp3) is 0.100. The quantitative estimate of drug-likeness (QED) is 0.280. The monoisotopic (exact) mass is 524 g/mol. The van der Waals surface area contributed by atoms with Crippen LogP contribution in [-0.2, 0) is 16.2 Å². The number of imide groups is 1. The van der Waals surface area contributed by atoms with Crippen LogP contribution >= 0.6 is 11.8 Å². The average molecular weight is 525 g/mol. The van der Waals surface area contributed by atoms with E-state index in [-0.39, 0.29) is 11.4 Å². The molecule has 0 spiro atoms. The molecule has 1 heterocycles. The first kappa shape index (κ1) is 25.1. The molecule has 4 aromatic rings. The van der Waals surface area contributed by atoms with Crippen LogP contribution in [0.4, 0.5) is 10.5 Å². The van der Waals surface area contributed by atoms with Gasteiger partial charge in [-0.25, -0.2) is 0 Å². The van der Waals surface area contributed by atoms with Crippen molar-refractivity contribution < 1.29 is 23.9 Å². The molecule has 4 aromatic carbocycles. The highest BCUT2D eigenvalue weighted by molar-refractivity contribution is 8.18. The number of hydrogen-bond donors (Lipinski definition) is 1. The molecule has 190 valence electrons. The molecule has 3 amide bonds. The van der Waals surface area contributed by atoms with Crippen molar-refractivity contribution >= 4 is 51.4 Å². The van der Waals surface area contributed by atoms with Gasteiger partial charge < -0.3 is 14.8 Å². The smallest absolute Gasteiger partial charge is 0.294 e. The van der Waals surface area contributed by atoms with Crippen molar-refractivity contribution in [2.75, 3.05) is 19.0 Å². The summed E-state index contributed by atoms with van der Waals surface area (Å²) in [5.41, 5.74) is 2.30. The Bertz CT molecular complexity index is 1540. The minimum atomic E-state index is -0.508. The summed E-state index contributed by atoms with van der Waals surface area (Å²) in [6.45, 7) is 0.0392. The molecule has 0 bridgehead atoms. The van der Waals surface area contributed by atoms with Crippen LogP contribution in [0.2, 0.25) is 0 Å². The molecule has 5 rings (SSSR count). The van der Waals surface area contributed by atoms with Gasteiger partial charge in [0.1, 0.15) is 24.7 Å². The Labute approximate surface area is 224 Å². The second kappa shape index (κ2) is 11.2. The van der Waals surface area contributed by atoms with E-state index in [9.17, 15) is 14.4 Å². The first-order chi connectivity index (χ1) is 18.5. The molecule has 38 heavy (non-hydrogen) atoms. The van der Waals surface area contributed by atoms with Gasteiger partial charge in [-0.1, -0.05) is 66.7 Å². The summed E-state index contributed by atoms with van der Waals surface area (Å²) in [5, 5.41) is 4.50. The number of ether oxygens (including phenoxy) is 2. The highest BCUT2D eigenvalue weighted by atomic mass is 32.2. The summed E-state index contributed by atoms with van der Waals surface area (Å²) in [6, 6.07) is 28.5. The van der Waals surface area contributed by atoms with E-state index >= 15 is 0 Å². The van der Waals surface area contributed by atoms with Crippen molar-refractivity contribution in [3.63, 3.8) is 0 Å². The maximum Gasteiger partial charge on any atom is 0.294 e. The van der Waals surface area contributed by atoms with E-state index in [0.29, 0.717) is 23.8 Å². The van der Waals surface area contributed by atoms with Gasteiger partial charge in [-0.15, -0.1) is 0 Å². The molecule has 0 aliphatic carbocycles. The number of fused-ring (bicyclic) bond motifs is 1. The van der Waals surface area contributed by atoms with Crippen molar-refractivity contribution in [3.05, 3.63) is 107 Å². The lowest BCUT2D eigenvalue weighted by molar-refractivity contribution is -0.127. The van der Waals surface area contributed by atoms with Gasteiger partial charge in [0.25, 0.3) is 11.1 Å². The number of amides is 3. The largest absolute Gasteiger partial charge is 0.495 e. The maximum absolute atomic E-state index is 12.9. The molecule has 1 saturated heterocycles. The van der Waals surface area contributed by atoms with E-state index in [2.05, 4.69) is 23.5 Å². The summed E-state index contributed by atoms with van der Waals surface area (Å²) < 4.78 is 11.2. The van der Waals surface area contributed by atoms with E-state index in [1.807, 2.05) is 48.5 Å². The molecule has 1 fully saturated rings. The molecule has 0 aromatic heterocycles. The standard InChI is InChI=1S/C30H24N2O5S/c1-36-26-12-5-4-11-25(26)31-28(33)18-32-29(34)27(38-30(32)35)17-20-13-15-23(16-14-20)37-19-22-9-6-8-21-7-2-3-10-24(21)22/h2-17H,18-19H2,1H3,(H,31,33)/b27-17+. The average Bonchev–Trinajstić information content (AvgIpc) is 3.20. The summed E-state index contributed by atoms with van der Waals surface area (Å²) in [6.07, 6.45) is 1.64. The molecule has 0 radical (unpaired) electrons. The lowest BCUT2D eigenvalue weighted by Gasteiger charge is -2.14. The predicted molar refractivity (Wildman–Crippen MR) is 149 cm³/mol. The summed E-state index contributed by atoms with van der Waals surface area (Å²) >= 11 is 0.808. The number of carbonyl (C=O) groups excluding carboxylic acids is 3. The summed E-state index contributed by atoms with van der Waals surface area (Å²) in [5.74, 6) is 0.174. The van der Waals surface area contributed by atoms with Crippen molar-refractivity contribution in [1.29, 1.82) is 0 Å². The molecule has 8 heteroatoms. The number of nitrogens with one attached hydrogen (secondary N) is 1. The number of thioether (sulfide) groups is 1. The third-order valence-electron chi connectivity index (χ3n) is 6.01. The number of anilines is 1.